The number of carbonyl (C=O) groups excluding carboxylic acids is 1. The van der Waals surface area contributed by atoms with Crippen molar-refractivity contribution in [2.75, 3.05) is 18.5 Å². The number of fused-ring (bicyclic) bond motifs is 1. The maximum atomic E-state index is 14.2. The fourth-order valence-electron chi connectivity index (χ4n) is 3.20. The third-order valence-electron chi connectivity index (χ3n) is 4.37. The third-order valence-corrected chi connectivity index (χ3v) is 4.37. The molecule has 0 spiro atoms. The number of nitrogens with zero attached hydrogens (tertiary/aromatic N) is 1. The number of benzene rings is 2. The van der Waals surface area contributed by atoms with E-state index in [1.54, 1.807) is 18.2 Å². The summed E-state index contributed by atoms with van der Waals surface area (Å²) in [7, 11) is 0. The van der Waals surface area contributed by atoms with Crippen LogP contribution >= 0.6 is 0 Å². The summed E-state index contributed by atoms with van der Waals surface area (Å²) >= 11 is 0. The number of aliphatic hydroxyl groups excluding tert-OH is 1. The first kappa shape index (κ1) is 18.2. The number of hydrogen-bond acceptors (Lipinski definition) is 3. The van der Waals surface area contributed by atoms with Gasteiger partial charge in [-0.25, -0.2) is 4.39 Å². The van der Waals surface area contributed by atoms with E-state index in [1.807, 2.05) is 0 Å². The molecule has 1 aliphatic rings. The first-order chi connectivity index (χ1) is 12.3. The number of anilines is 1. The van der Waals surface area contributed by atoms with E-state index in [0.717, 1.165) is 12.1 Å². The van der Waals surface area contributed by atoms with Crippen molar-refractivity contribution in [2.24, 2.45) is 0 Å². The van der Waals surface area contributed by atoms with Gasteiger partial charge in [0.15, 0.2) is 0 Å². The molecule has 1 atom stereocenters. The Hall–Kier alpha value is -2.61. The minimum Gasteiger partial charge on any atom is -0.395 e. The summed E-state index contributed by atoms with van der Waals surface area (Å²) in [5.41, 5.74) is -2.69. The molecule has 0 bridgehead atoms. The van der Waals surface area contributed by atoms with Gasteiger partial charge in [0, 0.05) is 24.2 Å². The van der Waals surface area contributed by atoms with Crippen molar-refractivity contribution < 1.29 is 27.5 Å². The number of β-amino-alcohol motifs (C(OH)–C–C–N with tert-alkyl or cyclic N) is 1. The van der Waals surface area contributed by atoms with Gasteiger partial charge < -0.3 is 15.3 Å². The Kier molecular flexibility index (Phi) is 4.62. The molecule has 4 nitrogen and oxygen atoms in total. The van der Waals surface area contributed by atoms with Gasteiger partial charge in [-0.2, -0.15) is 13.2 Å². The van der Waals surface area contributed by atoms with Gasteiger partial charge in [0.2, 0.25) is 5.66 Å². The molecule has 0 aliphatic carbocycles. The van der Waals surface area contributed by atoms with Gasteiger partial charge in [0.25, 0.3) is 5.91 Å². The predicted octanol–water partition coefficient (Wildman–Crippen LogP) is 3.19. The zero-order valence-corrected chi connectivity index (χ0v) is 13.6. The second-order valence-corrected chi connectivity index (χ2v) is 6.01. The van der Waals surface area contributed by atoms with Crippen molar-refractivity contribution in [2.45, 2.75) is 18.3 Å². The lowest BCUT2D eigenvalue weighted by Gasteiger charge is -2.48. The number of nitrogens with one attached hydrogen (secondary N) is 1. The SMILES string of the molecule is O=C1c2ccc(F)cc2CC(Nc2ccccc2)(C(F)(F)F)N1CCO. The minimum absolute atomic E-state index is 0.00501. The van der Waals surface area contributed by atoms with Gasteiger partial charge in [-0.15, -0.1) is 0 Å². The normalized spacial score (nSPS) is 20.0. The van der Waals surface area contributed by atoms with Crippen LogP contribution in [0.3, 0.4) is 0 Å². The van der Waals surface area contributed by atoms with E-state index in [1.165, 1.54) is 18.2 Å². The zero-order chi connectivity index (χ0) is 18.9. The van der Waals surface area contributed by atoms with Crippen LogP contribution in [0, 0.1) is 5.82 Å². The highest BCUT2D eigenvalue weighted by molar-refractivity contribution is 5.98. The maximum Gasteiger partial charge on any atom is 0.430 e. The summed E-state index contributed by atoms with van der Waals surface area (Å²) in [5, 5.41) is 11.6. The highest BCUT2D eigenvalue weighted by Gasteiger charge is 2.62. The average Bonchev–Trinajstić information content (AvgIpc) is 2.58. The molecule has 1 heterocycles. The first-order valence-electron chi connectivity index (χ1n) is 7.90. The van der Waals surface area contributed by atoms with Crippen LogP contribution in [0.1, 0.15) is 15.9 Å². The Morgan fingerprint density at radius 2 is 1.85 bits per heavy atom. The standard InChI is InChI=1S/C18H16F4N2O2/c19-13-6-7-15-12(10-13)11-17(18(20,21)22,24(8-9-25)16(15)26)23-14-4-2-1-3-5-14/h1-7,10,23,25H,8-9,11H2. The topological polar surface area (TPSA) is 52.6 Å². The van der Waals surface area contributed by atoms with Gasteiger partial charge in [0.1, 0.15) is 5.82 Å². The molecule has 1 unspecified atom stereocenters. The molecule has 0 saturated carbocycles. The van der Waals surface area contributed by atoms with Gasteiger partial charge in [-0.1, -0.05) is 18.2 Å². The number of aliphatic hydroxyl groups is 1. The Morgan fingerprint density at radius 1 is 1.15 bits per heavy atom. The number of amides is 1. The first-order valence-corrected chi connectivity index (χ1v) is 7.90. The Bertz CT molecular complexity index is 811. The maximum absolute atomic E-state index is 14.2. The van der Waals surface area contributed by atoms with E-state index in [4.69, 9.17) is 0 Å². The lowest BCUT2D eigenvalue weighted by molar-refractivity contribution is -0.216. The zero-order valence-electron chi connectivity index (χ0n) is 13.6. The molecule has 138 valence electrons. The lowest BCUT2D eigenvalue weighted by atomic mass is 9.87. The molecule has 2 N–H and O–H groups in total. The molecule has 1 amide bonds. The lowest BCUT2D eigenvalue weighted by Crippen LogP contribution is -2.69. The number of carbonyl (C=O) groups is 1. The molecule has 3 rings (SSSR count). The molecule has 1 aliphatic heterocycles. The van der Waals surface area contributed by atoms with Gasteiger partial charge >= 0.3 is 6.18 Å². The van der Waals surface area contributed by atoms with E-state index >= 15 is 0 Å². The van der Waals surface area contributed by atoms with Crippen LogP contribution in [0.2, 0.25) is 0 Å². The highest BCUT2D eigenvalue weighted by Crippen LogP contribution is 2.43. The summed E-state index contributed by atoms with van der Waals surface area (Å²) in [6.07, 6.45) is -5.55. The second kappa shape index (κ2) is 6.60. The predicted molar refractivity (Wildman–Crippen MR) is 87.1 cm³/mol. The summed E-state index contributed by atoms with van der Waals surface area (Å²) in [5.74, 6) is -1.64. The molecule has 0 radical (unpaired) electrons. The van der Waals surface area contributed by atoms with Crippen molar-refractivity contribution in [3.05, 3.63) is 65.5 Å². The summed E-state index contributed by atoms with van der Waals surface area (Å²) in [6.45, 7) is -1.16. The number of alkyl halides is 3. The number of hydrogen-bond donors (Lipinski definition) is 2. The summed E-state index contributed by atoms with van der Waals surface area (Å²) in [6, 6.07) is 10.8. The van der Waals surface area contributed by atoms with Crippen molar-refractivity contribution in [3.63, 3.8) is 0 Å². The monoisotopic (exact) mass is 368 g/mol. The fourth-order valence-corrected chi connectivity index (χ4v) is 3.20. The number of halogens is 4. The van der Waals surface area contributed by atoms with Crippen LogP contribution in [0.5, 0.6) is 0 Å². The van der Waals surface area contributed by atoms with Gasteiger partial charge in [-0.05, 0) is 35.9 Å². The van der Waals surface area contributed by atoms with Crippen molar-refractivity contribution in [3.8, 4) is 0 Å². The van der Waals surface area contributed by atoms with Crippen LogP contribution in [0.15, 0.2) is 48.5 Å². The largest absolute Gasteiger partial charge is 0.430 e. The third kappa shape index (κ3) is 3.01. The Morgan fingerprint density at radius 3 is 2.46 bits per heavy atom. The Balaban J connectivity index is 2.17. The van der Waals surface area contributed by atoms with E-state index in [0.29, 0.717) is 4.90 Å². The van der Waals surface area contributed by atoms with Crippen LogP contribution in [0.25, 0.3) is 0 Å². The smallest absolute Gasteiger partial charge is 0.395 e. The fraction of sp³-hybridized carbons (Fsp3) is 0.278. The van der Waals surface area contributed by atoms with Crippen molar-refractivity contribution in [1.29, 1.82) is 0 Å². The number of rotatable bonds is 4. The molecule has 2 aromatic rings. The van der Waals surface area contributed by atoms with E-state index in [2.05, 4.69) is 5.32 Å². The molecule has 0 fully saturated rings. The molecular formula is C18H16F4N2O2. The molecule has 0 aromatic heterocycles. The number of para-hydroxylation sites is 1. The van der Waals surface area contributed by atoms with Crippen molar-refractivity contribution >= 4 is 11.6 Å². The molecule has 2 aromatic carbocycles. The van der Waals surface area contributed by atoms with Gasteiger partial charge in [-0.3, -0.25) is 4.79 Å². The molecule has 0 saturated heterocycles. The van der Waals surface area contributed by atoms with Gasteiger partial charge in [0.05, 0.1) is 6.61 Å². The van der Waals surface area contributed by atoms with Crippen LogP contribution in [0.4, 0.5) is 23.2 Å². The van der Waals surface area contributed by atoms with Crippen molar-refractivity contribution in [1.82, 2.24) is 4.90 Å². The molecule has 8 heteroatoms. The molecular weight excluding hydrogens is 352 g/mol. The summed E-state index contributed by atoms with van der Waals surface area (Å²) in [4.78, 5) is 13.3. The second-order valence-electron chi connectivity index (χ2n) is 6.01. The van der Waals surface area contributed by atoms with E-state index in [-0.39, 0.29) is 16.8 Å². The van der Waals surface area contributed by atoms with Crippen LogP contribution in [-0.2, 0) is 6.42 Å². The Labute approximate surface area is 147 Å². The summed E-state index contributed by atoms with van der Waals surface area (Å²) < 4.78 is 56.2. The minimum atomic E-state index is -4.88. The molecule has 26 heavy (non-hydrogen) atoms. The van der Waals surface area contributed by atoms with E-state index in [9.17, 15) is 27.5 Å². The van der Waals surface area contributed by atoms with E-state index < -0.39 is 43.1 Å². The quantitative estimate of drug-likeness (QED) is 0.815. The highest BCUT2D eigenvalue weighted by atomic mass is 19.4. The van der Waals surface area contributed by atoms with Crippen LogP contribution < -0.4 is 5.32 Å². The van der Waals surface area contributed by atoms with Crippen LogP contribution in [-0.4, -0.2) is 40.9 Å². The average molecular weight is 368 g/mol.